The van der Waals surface area contributed by atoms with Crippen LogP contribution in [-0.4, -0.2) is 51.9 Å². The Hall–Kier alpha value is -0.0700. The SMILES string of the molecule is CCCCCCCCCCCSC(CCCCCC)C(C)OC(CP(=O)(O)OCCC)C(=O)O. The van der Waals surface area contributed by atoms with Crippen LogP contribution in [0.4, 0.5) is 0 Å². The van der Waals surface area contributed by atoms with Gasteiger partial charge in [0.2, 0.25) is 0 Å². The molecule has 0 aromatic carbocycles. The summed E-state index contributed by atoms with van der Waals surface area (Å²) in [5.41, 5.74) is 0. The Morgan fingerprint density at radius 3 is 1.91 bits per heavy atom. The monoisotopic (exact) mass is 524 g/mol. The van der Waals surface area contributed by atoms with E-state index >= 15 is 0 Å². The summed E-state index contributed by atoms with van der Waals surface area (Å²) < 4.78 is 23.1. The third kappa shape index (κ3) is 19.2. The number of carboxylic acid groups (broad SMARTS) is 1. The first-order valence-corrected chi connectivity index (χ1v) is 16.5. The number of carbonyl (C=O) groups is 1. The summed E-state index contributed by atoms with van der Waals surface area (Å²) in [4.78, 5) is 21.7. The van der Waals surface area contributed by atoms with Gasteiger partial charge in [0, 0.05) is 5.25 Å². The smallest absolute Gasteiger partial charge is 0.333 e. The number of aliphatic carboxylic acids is 1. The van der Waals surface area contributed by atoms with Crippen LogP contribution in [0.2, 0.25) is 0 Å². The maximum Gasteiger partial charge on any atom is 0.333 e. The topological polar surface area (TPSA) is 93.1 Å². The quantitative estimate of drug-likeness (QED) is 0.0921. The van der Waals surface area contributed by atoms with E-state index in [4.69, 9.17) is 9.26 Å². The highest BCUT2D eigenvalue weighted by Gasteiger charge is 2.33. The Bertz CT molecular complexity index is 533. The summed E-state index contributed by atoms with van der Waals surface area (Å²) in [5, 5.41) is 9.77. The van der Waals surface area contributed by atoms with Gasteiger partial charge in [0.1, 0.15) is 0 Å². The summed E-state index contributed by atoms with van der Waals surface area (Å²) in [6, 6.07) is 0. The minimum absolute atomic E-state index is 0.129. The van der Waals surface area contributed by atoms with Crippen LogP contribution in [0.15, 0.2) is 0 Å². The van der Waals surface area contributed by atoms with Crippen molar-refractivity contribution >= 4 is 25.3 Å². The maximum atomic E-state index is 12.2. The first-order chi connectivity index (χ1) is 16.3. The van der Waals surface area contributed by atoms with E-state index in [1.807, 2.05) is 25.6 Å². The van der Waals surface area contributed by atoms with E-state index in [1.165, 1.54) is 64.2 Å². The van der Waals surface area contributed by atoms with Crippen molar-refractivity contribution in [3.8, 4) is 0 Å². The van der Waals surface area contributed by atoms with Gasteiger partial charge in [0.15, 0.2) is 6.10 Å². The second kappa shape index (κ2) is 22.2. The van der Waals surface area contributed by atoms with E-state index in [-0.39, 0.29) is 18.0 Å². The van der Waals surface area contributed by atoms with Crippen molar-refractivity contribution in [2.75, 3.05) is 18.5 Å². The molecule has 204 valence electrons. The number of thioether (sulfide) groups is 1. The molecule has 0 saturated heterocycles. The highest BCUT2D eigenvalue weighted by Crippen LogP contribution is 2.43. The van der Waals surface area contributed by atoms with Gasteiger partial charge < -0.3 is 19.3 Å². The third-order valence-corrected chi connectivity index (χ3v) is 8.94. The third-order valence-electron chi connectivity index (χ3n) is 5.99. The fourth-order valence-electron chi connectivity index (χ4n) is 3.90. The molecule has 6 nitrogen and oxygen atoms in total. The molecule has 0 aliphatic heterocycles. The zero-order valence-corrected chi connectivity index (χ0v) is 24.1. The molecule has 4 unspecified atom stereocenters. The van der Waals surface area contributed by atoms with Gasteiger partial charge >= 0.3 is 13.6 Å². The molecule has 0 aliphatic carbocycles. The second-order valence-corrected chi connectivity index (χ2v) is 12.7. The van der Waals surface area contributed by atoms with Gasteiger partial charge in [-0.25, -0.2) is 4.79 Å². The fraction of sp³-hybridized carbons (Fsp3) is 0.962. The van der Waals surface area contributed by atoms with Crippen LogP contribution in [0.1, 0.15) is 124 Å². The Kier molecular flexibility index (Phi) is 22.1. The van der Waals surface area contributed by atoms with Gasteiger partial charge in [0.25, 0.3) is 0 Å². The molecular weight excluding hydrogens is 471 g/mol. The van der Waals surface area contributed by atoms with Crippen LogP contribution in [0.3, 0.4) is 0 Å². The van der Waals surface area contributed by atoms with Crippen molar-refractivity contribution in [3.63, 3.8) is 0 Å². The highest BCUT2D eigenvalue weighted by molar-refractivity contribution is 7.99. The first-order valence-electron chi connectivity index (χ1n) is 13.7. The number of rotatable bonds is 25. The maximum absolute atomic E-state index is 12.2. The van der Waals surface area contributed by atoms with E-state index < -0.39 is 25.8 Å². The molecule has 0 aromatic rings. The van der Waals surface area contributed by atoms with Crippen LogP contribution in [-0.2, 0) is 18.6 Å². The number of hydrogen-bond donors (Lipinski definition) is 2. The molecule has 0 fully saturated rings. The molecule has 0 rings (SSSR count). The molecular formula is C26H53O6PS. The lowest BCUT2D eigenvalue weighted by atomic mass is 10.1. The summed E-state index contributed by atoms with van der Waals surface area (Å²) >= 11 is 1.87. The van der Waals surface area contributed by atoms with E-state index in [0.29, 0.717) is 6.42 Å². The van der Waals surface area contributed by atoms with Gasteiger partial charge in [-0.3, -0.25) is 4.57 Å². The van der Waals surface area contributed by atoms with Crippen molar-refractivity contribution < 1.29 is 28.6 Å². The molecule has 0 spiro atoms. The van der Waals surface area contributed by atoms with E-state index in [2.05, 4.69) is 13.8 Å². The molecule has 0 radical (unpaired) electrons. The van der Waals surface area contributed by atoms with Gasteiger partial charge in [-0.05, 0) is 31.9 Å². The number of carboxylic acids is 1. The van der Waals surface area contributed by atoms with Crippen LogP contribution in [0.25, 0.3) is 0 Å². The fourth-order valence-corrected chi connectivity index (χ4v) is 6.47. The van der Waals surface area contributed by atoms with Gasteiger partial charge in [-0.2, -0.15) is 11.8 Å². The average Bonchev–Trinajstić information content (AvgIpc) is 2.79. The molecule has 0 heterocycles. The zero-order valence-electron chi connectivity index (χ0n) is 22.3. The molecule has 0 aromatic heterocycles. The second-order valence-electron chi connectivity index (χ2n) is 9.41. The lowest BCUT2D eigenvalue weighted by Gasteiger charge is -2.27. The largest absolute Gasteiger partial charge is 0.479 e. The number of ether oxygens (including phenoxy) is 1. The summed E-state index contributed by atoms with van der Waals surface area (Å²) in [5.74, 6) is -0.174. The minimum Gasteiger partial charge on any atom is -0.479 e. The van der Waals surface area contributed by atoms with Crippen LogP contribution >= 0.6 is 19.4 Å². The van der Waals surface area contributed by atoms with Crippen molar-refractivity contribution in [1.82, 2.24) is 0 Å². The summed E-state index contributed by atoms with van der Waals surface area (Å²) in [6.07, 6.45) is 15.7. The van der Waals surface area contributed by atoms with E-state index in [9.17, 15) is 19.4 Å². The average molecular weight is 525 g/mol. The predicted molar refractivity (Wildman–Crippen MR) is 145 cm³/mol. The molecule has 0 bridgehead atoms. The molecule has 4 atom stereocenters. The number of unbranched alkanes of at least 4 members (excludes halogenated alkanes) is 11. The van der Waals surface area contributed by atoms with Crippen LogP contribution in [0.5, 0.6) is 0 Å². The normalized spacial score (nSPS) is 16.1. The Balaban J connectivity index is 4.61. The first kappa shape index (κ1) is 33.9. The van der Waals surface area contributed by atoms with Crippen LogP contribution < -0.4 is 0 Å². The molecule has 0 aliphatic rings. The molecule has 0 saturated carbocycles. The van der Waals surface area contributed by atoms with Gasteiger partial charge in [-0.1, -0.05) is 97.8 Å². The molecule has 8 heteroatoms. The molecule has 0 amide bonds. The molecule has 34 heavy (non-hydrogen) atoms. The van der Waals surface area contributed by atoms with Gasteiger partial charge in [-0.15, -0.1) is 0 Å². The van der Waals surface area contributed by atoms with E-state index in [1.54, 1.807) is 0 Å². The van der Waals surface area contributed by atoms with Crippen molar-refractivity contribution in [3.05, 3.63) is 0 Å². The summed E-state index contributed by atoms with van der Waals surface area (Å²) in [7, 11) is -3.99. The van der Waals surface area contributed by atoms with Gasteiger partial charge in [0.05, 0.1) is 18.9 Å². The highest BCUT2D eigenvalue weighted by atomic mass is 32.2. The lowest BCUT2D eigenvalue weighted by molar-refractivity contribution is -0.152. The lowest BCUT2D eigenvalue weighted by Crippen LogP contribution is -2.36. The Labute approximate surface area is 213 Å². The zero-order chi connectivity index (χ0) is 25.7. The Morgan fingerprint density at radius 2 is 1.38 bits per heavy atom. The minimum atomic E-state index is -3.99. The number of hydrogen-bond acceptors (Lipinski definition) is 5. The van der Waals surface area contributed by atoms with Crippen molar-refractivity contribution in [2.45, 2.75) is 141 Å². The van der Waals surface area contributed by atoms with E-state index in [0.717, 1.165) is 31.4 Å². The Morgan fingerprint density at radius 1 is 0.853 bits per heavy atom. The van der Waals surface area contributed by atoms with Crippen molar-refractivity contribution in [2.24, 2.45) is 0 Å². The summed E-state index contributed by atoms with van der Waals surface area (Å²) in [6.45, 7) is 8.30. The van der Waals surface area contributed by atoms with Crippen LogP contribution in [0, 0.1) is 0 Å². The molecule has 2 N–H and O–H groups in total. The standard InChI is InChI=1S/C26H53O6PS/c1-5-8-10-12-13-14-15-16-18-21-34-25(19-17-11-9-6-2)23(4)32-24(26(27)28)22-33(29,30)31-20-7-3/h23-25H,5-22H2,1-4H3,(H,27,28)(H,29,30). The predicted octanol–water partition coefficient (Wildman–Crippen LogP) is 8.06. The van der Waals surface area contributed by atoms with Crippen molar-refractivity contribution in [1.29, 1.82) is 0 Å².